The molecule has 0 spiro atoms. The van der Waals surface area contributed by atoms with E-state index >= 15 is 0 Å². The fourth-order valence-electron chi connectivity index (χ4n) is 2.36. The topological polar surface area (TPSA) is 29.5 Å². The van der Waals surface area contributed by atoms with E-state index in [0.29, 0.717) is 19.1 Å². The lowest BCUT2D eigenvalue weighted by Gasteiger charge is -2.42. The molecule has 0 amide bonds. The molecule has 0 aliphatic carbocycles. The summed E-state index contributed by atoms with van der Waals surface area (Å²) in [6.07, 6.45) is 1.60. The Labute approximate surface area is 91.4 Å². The standard InChI is InChI=1S/C11H21N2O2/c1-13(2)6-4-12(5-7-13)10-3-8-15-11(14)9-10/h10H,3-9H2,1-2H3/q+1. The van der Waals surface area contributed by atoms with E-state index < -0.39 is 0 Å². The summed E-state index contributed by atoms with van der Waals surface area (Å²) >= 11 is 0. The maximum absolute atomic E-state index is 11.2. The fourth-order valence-corrected chi connectivity index (χ4v) is 2.36. The van der Waals surface area contributed by atoms with E-state index in [-0.39, 0.29) is 5.97 Å². The zero-order chi connectivity index (χ0) is 10.9. The van der Waals surface area contributed by atoms with Crippen LogP contribution in [0, 0.1) is 0 Å². The molecule has 2 saturated heterocycles. The van der Waals surface area contributed by atoms with Crippen LogP contribution in [0.3, 0.4) is 0 Å². The molecule has 2 rings (SSSR count). The van der Waals surface area contributed by atoms with E-state index in [1.165, 1.54) is 13.1 Å². The third-order valence-electron chi connectivity index (χ3n) is 3.62. The maximum atomic E-state index is 11.2. The van der Waals surface area contributed by atoms with Crippen molar-refractivity contribution in [3.63, 3.8) is 0 Å². The third-order valence-corrected chi connectivity index (χ3v) is 3.62. The number of carbonyl (C=O) groups is 1. The average Bonchev–Trinajstić information content (AvgIpc) is 2.17. The first-order chi connectivity index (χ1) is 7.07. The van der Waals surface area contributed by atoms with Crippen LogP contribution in [-0.2, 0) is 9.53 Å². The first kappa shape index (κ1) is 10.9. The minimum Gasteiger partial charge on any atom is -0.466 e. The third kappa shape index (κ3) is 2.69. The van der Waals surface area contributed by atoms with Gasteiger partial charge in [0, 0.05) is 19.1 Å². The van der Waals surface area contributed by atoms with Gasteiger partial charge < -0.3 is 9.22 Å². The Morgan fingerprint density at radius 1 is 1.33 bits per heavy atom. The lowest BCUT2D eigenvalue weighted by Crippen LogP contribution is -2.57. The van der Waals surface area contributed by atoms with E-state index in [2.05, 4.69) is 19.0 Å². The number of cyclic esters (lactones) is 1. The Hall–Kier alpha value is -0.610. The van der Waals surface area contributed by atoms with E-state index in [1.54, 1.807) is 0 Å². The van der Waals surface area contributed by atoms with Gasteiger partial charge in [-0.3, -0.25) is 9.69 Å². The Morgan fingerprint density at radius 3 is 2.60 bits per heavy atom. The van der Waals surface area contributed by atoms with Crippen LogP contribution in [0.25, 0.3) is 0 Å². The highest BCUT2D eigenvalue weighted by atomic mass is 16.5. The molecule has 1 unspecified atom stereocenters. The van der Waals surface area contributed by atoms with Crippen molar-refractivity contribution in [3.05, 3.63) is 0 Å². The molecule has 0 bridgehead atoms. The van der Waals surface area contributed by atoms with Crippen molar-refractivity contribution in [2.24, 2.45) is 0 Å². The molecule has 1 atom stereocenters. The van der Waals surface area contributed by atoms with Gasteiger partial charge in [-0.15, -0.1) is 0 Å². The smallest absolute Gasteiger partial charge is 0.307 e. The Kier molecular flexibility index (Phi) is 2.98. The summed E-state index contributed by atoms with van der Waals surface area (Å²) in [5.41, 5.74) is 0. The summed E-state index contributed by atoms with van der Waals surface area (Å²) in [4.78, 5) is 13.7. The lowest BCUT2D eigenvalue weighted by atomic mass is 10.1. The number of hydrogen-bond donors (Lipinski definition) is 0. The first-order valence-electron chi connectivity index (χ1n) is 5.78. The number of carbonyl (C=O) groups excluding carboxylic acids is 1. The zero-order valence-electron chi connectivity index (χ0n) is 9.74. The predicted octanol–water partition coefficient (Wildman–Crippen LogP) is 0.0840. The molecule has 2 aliphatic heterocycles. The number of piperazine rings is 1. The first-order valence-corrected chi connectivity index (χ1v) is 5.78. The highest BCUT2D eigenvalue weighted by Gasteiger charge is 2.32. The Balaban J connectivity index is 1.87. The quantitative estimate of drug-likeness (QED) is 0.456. The summed E-state index contributed by atoms with van der Waals surface area (Å²) in [5, 5.41) is 0. The van der Waals surface area contributed by atoms with Crippen molar-refractivity contribution in [1.29, 1.82) is 0 Å². The SMILES string of the molecule is C[N+]1(C)CCN(C2CCOC(=O)C2)CC1. The fraction of sp³-hybridized carbons (Fsp3) is 0.909. The second-order valence-electron chi connectivity index (χ2n) is 5.29. The van der Waals surface area contributed by atoms with Crippen LogP contribution in [0.15, 0.2) is 0 Å². The Morgan fingerprint density at radius 2 is 2.00 bits per heavy atom. The molecular formula is C11H21N2O2+. The van der Waals surface area contributed by atoms with Gasteiger partial charge in [0.2, 0.25) is 0 Å². The number of nitrogens with zero attached hydrogens (tertiary/aromatic N) is 2. The molecular weight excluding hydrogens is 192 g/mol. The van der Waals surface area contributed by atoms with Crippen molar-refractivity contribution < 1.29 is 14.0 Å². The second kappa shape index (κ2) is 4.10. The predicted molar refractivity (Wildman–Crippen MR) is 57.4 cm³/mol. The van der Waals surface area contributed by atoms with Crippen LogP contribution in [0.4, 0.5) is 0 Å². The number of esters is 1. The van der Waals surface area contributed by atoms with Crippen LogP contribution in [0.5, 0.6) is 0 Å². The monoisotopic (exact) mass is 213 g/mol. The maximum Gasteiger partial charge on any atom is 0.307 e. The highest BCUT2D eigenvalue weighted by molar-refractivity contribution is 5.70. The van der Waals surface area contributed by atoms with Crippen molar-refractivity contribution in [1.82, 2.24) is 4.90 Å². The van der Waals surface area contributed by atoms with Crippen molar-refractivity contribution >= 4 is 5.97 Å². The van der Waals surface area contributed by atoms with E-state index in [0.717, 1.165) is 24.0 Å². The number of ether oxygens (including phenoxy) is 1. The lowest BCUT2D eigenvalue weighted by molar-refractivity contribution is -0.894. The molecule has 15 heavy (non-hydrogen) atoms. The van der Waals surface area contributed by atoms with Gasteiger partial charge in [-0.2, -0.15) is 0 Å². The zero-order valence-corrected chi connectivity index (χ0v) is 9.74. The molecule has 0 N–H and O–H groups in total. The van der Waals surface area contributed by atoms with Crippen LogP contribution in [-0.4, -0.2) is 68.3 Å². The number of hydrogen-bond acceptors (Lipinski definition) is 3. The molecule has 0 aromatic heterocycles. The van der Waals surface area contributed by atoms with Gasteiger partial charge in [-0.25, -0.2) is 0 Å². The minimum absolute atomic E-state index is 0.0226. The van der Waals surface area contributed by atoms with Crippen molar-refractivity contribution in [2.75, 3.05) is 46.9 Å². The molecule has 0 saturated carbocycles. The van der Waals surface area contributed by atoms with E-state index in [4.69, 9.17) is 4.74 Å². The van der Waals surface area contributed by atoms with Crippen LogP contribution >= 0.6 is 0 Å². The number of quaternary nitrogens is 1. The number of rotatable bonds is 1. The van der Waals surface area contributed by atoms with Gasteiger partial charge in [-0.05, 0) is 6.42 Å². The van der Waals surface area contributed by atoms with Gasteiger partial charge in [0.25, 0.3) is 0 Å². The molecule has 2 fully saturated rings. The van der Waals surface area contributed by atoms with E-state index in [1.807, 2.05) is 0 Å². The van der Waals surface area contributed by atoms with Crippen LogP contribution in [0.2, 0.25) is 0 Å². The second-order valence-corrected chi connectivity index (χ2v) is 5.29. The largest absolute Gasteiger partial charge is 0.466 e. The van der Waals surface area contributed by atoms with Gasteiger partial charge >= 0.3 is 5.97 Å². The molecule has 0 radical (unpaired) electrons. The summed E-state index contributed by atoms with van der Waals surface area (Å²) in [6, 6.07) is 0.437. The molecule has 4 heteroatoms. The van der Waals surface area contributed by atoms with Gasteiger partial charge in [0.1, 0.15) is 0 Å². The van der Waals surface area contributed by atoms with Gasteiger partial charge in [0.05, 0.1) is 40.2 Å². The molecule has 0 aromatic rings. The molecule has 86 valence electrons. The van der Waals surface area contributed by atoms with Gasteiger partial charge in [0.15, 0.2) is 0 Å². The summed E-state index contributed by atoms with van der Waals surface area (Å²) in [6.45, 7) is 5.21. The summed E-state index contributed by atoms with van der Waals surface area (Å²) < 4.78 is 6.08. The molecule has 2 aliphatic rings. The molecule has 0 aromatic carbocycles. The van der Waals surface area contributed by atoms with Crippen LogP contribution < -0.4 is 0 Å². The Bertz CT molecular complexity index is 243. The number of likely N-dealkylation sites (N-methyl/N-ethyl adjacent to an activating group) is 1. The highest BCUT2D eigenvalue weighted by Crippen LogP contribution is 2.18. The molecule has 4 nitrogen and oxygen atoms in total. The van der Waals surface area contributed by atoms with Crippen molar-refractivity contribution in [2.45, 2.75) is 18.9 Å². The van der Waals surface area contributed by atoms with Crippen molar-refractivity contribution in [3.8, 4) is 0 Å². The summed E-state index contributed by atoms with van der Waals surface area (Å²) in [5.74, 6) is -0.0226. The minimum atomic E-state index is -0.0226. The normalized spacial score (nSPS) is 32.4. The molecule has 2 heterocycles. The average molecular weight is 213 g/mol. The van der Waals surface area contributed by atoms with E-state index in [9.17, 15) is 4.79 Å². The van der Waals surface area contributed by atoms with Gasteiger partial charge in [-0.1, -0.05) is 0 Å². The van der Waals surface area contributed by atoms with Crippen LogP contribution in [0.1, 0.15) is 12.8 Å². The summed E-state index contributed by atoms with van der Waals surface area (Å²) in [7, 11) is 4.54.